The lowest BCUT2D eigenvalue weighted by Crippen LogP contribution is -2.21. The van der Waals surface area contributed by atoms with Crippen LogP contribution in [-0.2, 0) is 10.0 Å². The maximum absolute atomic E-state index is 12.5. The molecule has 0 aliphatic heterocycles. The molecular weight excluding hydrogens is 409 g/mol. The number of halogens is 2. The highest BCUT2D eigenvalue weighted by atomic mass is 35.5. The average Bonchev–Trinajstić information content (AvgIpc) is 2.66. The summed E-state index contributed by atoms with van der Waals surface area (Å²) in [4.78, 5) is 12.1. The first-order valence-electron chi connectivity index (χ1n) is 7.45. The van der Waals surface area contributed by atoms with Crippen LogP contribution in [0.4, 0.5) is 5.69 Å². The van der Waals surface area contributed by atoms with E-state index in [1.54, 1.807) is 24.3 Å². The fraction of sp³-hybridized carbons (Fsp3) is 0. The van der Waals surface area contributed by atoms with Gasteiger partial charge in [0.1, 0.15) is 5.02 Å². The molecule has 9 heteroatoms. The Morgan fingerprint density at radius 3 is 2.48 bits per heavy atom. The summed E-state index contributed by atoms with van der Waals surface area (Å²) < 4.78 is 28.5. The van der Waals surface area contributed by atoms with Crippen molar-refractivity contribution in [3.05, 3.63) is 80.7 Å². The molecule has 6 nitrogen and oxygen atoms in total. The second kappa shape index (κ2) is 7.45. The molecule has 0 saturated carbocycles. The van der Waals surface area contributed by atoms with Crippen molar-refractivity contribution >= 4 is 38.9 Å². The zero-order valence-corrected chi connectivity index (χ0v) is 15.9. The van der Waals surface area contributed by atoms with Crippen molar-refractivity contribution < 1.29 is 8.42 Å². The molecule has 1 aromatic heterocycles. The highest BCUT2D eigenvalue weighted by Crippen LogP contribution is 2.19. The smallest absolute Gasteiger partial charge is 0.280 e. The van der Waals surface area contributed by atoms with Crippen LogP contribution in [0, 0.1) is 12.3 Å². The summed E-state index contributed by atoms with van der Waals surface area (Å²) in [6.07, 6.45) is 6.55. The highest BCUT2D eigenvalue weighted by Gasteiger charge is 2.15. The Kier molecular flexibility index (Phi) is 5.24. The average molecular weight is 420 g/mol. The second-order valence-corrected chi connectivity index (χ2v) is 7.82. The Hall–Kier alpha value is -2.79. The van der Waals surface area contributed by atoms with Crippen LogP contribution in [0.15, 0.2) is 64.4 Å². The van der Waals surface area contributed by atoms with E-state index in [1.807, 2.05) is 0 Å². The van der Waals surface area contributed by atoms with Crippen LogP contribution in [0.3, 0.4) is 0 Å². The van der Waals surface area contributed by atoms with Crippen LogP contribution < -0.4 is 10.3 Å². The number of terminal acetylenes is 1. The van der Waals surface area contributed by atoms with Crippen molar-refractivity contribution in [1.82, 2.24) is 9.78 Å². The molecule has 0 amide bonds. The molecule has 3 aromatic rings. The van der Waals surface area contributed by atoms with E-state index < -0.39 is 15.6 Å². The molecule has 1 heterocycles. The van der Waals surface area contributed by atoms with Crippen LogP contribution in [0.1, 0.15) is 5.56 Å². The number of rotatable bonds is 4. The molecule has 2 aromatic carbocycles. The molecule has 0 spiro atoms. The molecule has 0 aliphatic carbocycles. The van der Waals surface area contributed by atoms with Crippen molar-refractivity contribution in [1.29, 1.82) is 0 Å². The molecule has 0 radical (unpaired) electrons. The van der Waals surface area contributed by atoms with E-state index in [9.17, 15) is 13.2 Å². The SMILES string of the molecule is C#Cc1cccc(NS(=O)(=O)c2ccc(-n3ncc(Cl)c(Cl)c3=O)cc2)c1. The van der Waals surface area contributed by atoms with E-state index in [-0.39, 0.29) is 14.9 Å². The molecule has 136 valence electrons. The predicted molar refractivity (Wildman–Crippen MR) is 105 cm³/mol. The maximum atomic E-state index is 12.5. The van der Waals surface area contributed by atoms with Crippen molar-refractivity contribution in [2.24, 2.45) is 0 Å². The zero-order valence-electron chi connectivity index (χ0n) is 13.6. The number of hydrogen-bond donors (Lipinski definition) is 1. The minimum Gasteiger partial charge on any atom is -0.280 e. The molecule has 0 aliphatic rings. The monoisotopic (exact) mass is 419 g/mol. The minimum absolute atomic E-state index is 0.00506. The molecule has 0 unspecified atom stereocenters. The van der Waals surface area contributed by atoms with Crippen LogP contribution in [0.2, 0.25) is 10.0 Å². The largest absolute Gasteiger partial charge is 0.291 e. The van der Waals surface area contributed by atoms with Gasteiger partial charge in [-0.2, -0.15) is 9.78 Å². The van der Waals surface area contributed by atoms with E-state index >= 15 is 0 Å². The molecule has 3 rings (SSSR count). The van der Waals surface area contributed by atoms with Gasteiger partial charge in [0, 0.05) is 5.56 Å². The van der Waals surface area contributed by atoms with E-state index in [2.05, 4.69) is 15.7 Å². The number of hydrogen-bond acceptors (Lipinski definition) is 4. The Balaban J connectivity index is 1.92. The number of aromatic nitrogens is 2. The Morgan fingerprint density at radius 2 is 1.81 bits per heavy atom. The number of nitrogens with zero attached hydrogens (tertiary/aromatic N) is 2. The van der Waals surface area contributed by atoms with Crippen molar-refractivity contribution in [2.45, 2.75) is 4.90 Å². The van der Waals surface area contributed by atoms with Gasteiger partial charge in [-0.3, -0.25) is 9.52 Å². The van der Waals surface area contributed by atoms with Gasteiger partial charge in [0.15, 0.2) is 0 Å². The van der Waals surface area contributed by atoms with E-state index in [0.717, 1.165) is 4.68 Å². The summed E-state index contributed by atoms with van der Waals surface area (Å²) in [6.45, 7) is 0. The third-order valence-electron chi connectivity index (χ3n) is 3.55. The molecule has 0 fully saturated rings. The Morgan fingerprint density at radius 1 is 1.11 bits per heavy atom. The summed E-state index contributed by atoms with van der Waals surface area (Å²) in [5, 5.41) is 3.76. The summed E-state index contributed by atoms with van der Waals surface area (Å²) in [5.41, 5.74) is 0.628. The van der Waals surface area contributed by atoms with Crippen LogP contribution >= 0.6 is 23.2 Å². The van der Waals surface area contributed by atoms with E-state index in [0.29, 0.717) is 16.9 Å². The summed E-state index contributed by atoms with van der Waals surface area (Å²) in [7, 11) is -3.84. The Bertz CT molecular complexity index is 1210. The number of benzene rings is 2. The van der Waals surface area contributed by atoms with Crippen molar-refractivity contribution in [3.63, 3.8) is 0 Å². The number of anilines is 1. The van der Waals surface area contributed by atoms with Crippen molar-refractivity contribution in [3.8, 4) is 18.0 Å². The summed E-state index contributed by atoms with van der Waals surface area (Å²) >= 11 is 11.6. The summed E-state index contributed by atoms with van der Waals surface area (Å²) in [5.74, 6) is 2.44. The van der Waals surface area contributed by atoms with Gasteiger partial charge in [0.2, 0.25) is 0 Å². The minimum atomic E-state index is -3.84. The maximum Gasteiger partial charge on any atom is 0.291 e. The van der Waals surface area contributed by atoms with Gasteiger partial charge >= 0.3 is 0 Å². The standard InChI is InChI=1S/C18H11Cl2N3O3S/c1-2-12-4-3-5-13(10-12)22-27(25,26)15-8-6-14(7-9-15)23-18(24)17(20)16(19)11-21-23/h1,3-11,22H. The topological polar surface area (TPSA) is 81.1 Å². The number of sulfonamides is 1. The molecule has 0 atom stereocenters. The van der Waals surface area contributed by atoms with Crippen molar-refractivity contribution in [2.75, 3.05) is 4.72 Å². The lowest BCUT2D eigenvalue weighted by molar-refractivity contribution is 0.601. The van der Waals surface area contributed by atoms with Gasteiger partial charge in [-0.1, -0.05) is 35.2 Å². The molecule has 27 heavy (non-hydrogen) atoms. The predicted octanol–water partition coefficient (Wildman–Crippen LogP) is 3.32. The van der Waals surface area contributed by atoms with Crippen LogP contribution in [-0.4, -0.2) is 18.2 Å². The third kappa shape index (κ3) is 3.98. The van der Waals surface area contributed by atoms with Crippen LogP contribution in [0.5, 0.6) is 0 Å². The fourth-order valence-electron chi connectivity index (χ4n) is 2.25. The lowest BCUT2D eigenvalue weighted by Gasteiger charge is -2.10. The highest BCUT2D eigenvalue weighted by molar-refractivity contribution is 7.92. The van der Waals surface area contributed by atoms with E-state index in [1.165, 1.54) is 30.5 Å². The normalized spacial score (nSPS) is 11.0. The third-order valence-corrected chi connectivity index (χ3v) is 5.70. The first-order valence-corrected chi connectivity index (χ1v) is 9.69. The Labute approximate surface area is 165 Å². The van der Waals surface area contributed by atoms with Gasteiger partial charge in [0.25, 0.3) is 15.6 Å². The first kappa shape index (κ1) is 19.0. The van der Waals surface area contributed by atoms with Gasteiger partial charge < -0.3 is 0 Å². The molecule has 0 saturated heterocycles. The second-order valence-electron chi connectivity index (χ2n) is 5.35. The fourth-order valence-corrected chi connectivity index (χ4v) is 3.55. The molecule has 1 N–H and O–H groups in total. The van der Waals surface area contributed by atoms with Gasteiger partial charge in [-0.05, 0) is 42.5 Å². The number of nitrogens with one attached hydrogen (secondary N) is 1. The van der Waals surface area contributed by atoms with Gasteiger partial charge in [-0.15, -0.1) is 6.42 Å². The molecule has 0 bridgehead atoms. The quantitative estimate of drug-likeness (QED) is 0.657. The van der Waals surface area contributed by atoms with Crippen LogP contribution in [0.25, 0.3) is 5.69 Å². The van der Waals surface area contributed by atoms with Gasteiger partial charge in [-0.25, -0.2) is 8.42 Å². The van der Waals surface area contributed by atoms with Gasteiger partial charge in [0.05, 0.1) is 27.5 Å². The lowest BCUT2D eigenvalue weighted by atomic mass is 10.2. The first-order chi connectivity index (χ1) is 12.8. The summed E-state index contributed by atoms with van der Waals surface area (Å²) in [6, 6.07) is 12.0. The zero-order chi connectivity index (χ0) is 19.6. The van der Waals surface area contributed by atoms with E-state index in [4.69, 9.17) is 29.6 Å². The molecular formula is C18H11Cl2N3O3S.